The van der Waals surface area contributed by atoms with Gasteiger partial charge >= 0.3 is 0 Å². The number of nitrogens with two attached hydrogens (primary N) is 1. The third kappa shape index (κ3) is 3.82. The minimum absolute atomic E-state index is 0.270. The normalized spacial score (nSPS) is 11.7. The van der Waals surface area contributed by atoms with Crippen LogP contribution in [0.2, 0.25) is 0 Å². The van der Waals surface area contributed by atoms with Crippen molar-refractivity contribution in [1.82, 2.24) is 20.6 Å². The highest BCUT2D eigenvalue weighted by Gasteiger charge is 2.21. The lowest BCUT2D eigenvalue weighted by Crippen LogP contribution is -2.47. The molecule has 1 heterocycles. The van der Waals surface area contributed by atoms with Crippen LogP contribution in [0.5, 0.6) is 0 Å². The van der Waals surface area contributed by atoms with Crippen LogP contribution in [0.1, 0.15) is 16.1 Å². The van der Waals surface area contributed by atoms with Gasteiger partial charge in [0.15, 0.2) is 0 Å². The number of anilines is 1. The van der Waals surface area contributed by atoms with Gasteiger partial charge in [-0.15, -0.1) is 0 Å². The molecule has 2 aromatic rings. The molecule has 1 aromatic heterocycles. The molecule has 1 atom stereocenters. The monoisotopic (exact) mass is 287 g/mol. The van der Waals surface area contributed by atoms with Gasteiger partial charge in [-0.3, -0.25) is 9.59 Å². The maximum absolute atomic E-state index is 12.2. The summed E-state index contributed by atoms with van der Waals surface area (Å²) in [5.74, 6) is -0.600. The summed E-state index contributed by atoms with van der Waals surface area (Å²) in [4.78, 5) is 30.8. The van der Waals surface area contributed by atoms with E-state index in [4.69, 9.17) is 5.73 Å². The van der Waals surface area contributed by atoms with E-state index in [0.717, 1.165) is 5.69 Å². The van der Waals surface area contributed by atoms with Crippen molar-refractivity contribution in [3.63, 3.8) is 0 Å². The van der Waals surface area contributed by atoms with E-state index in [1.807, 2.05) is 0 Å². The lowest BCUT2D eigenvalue weighted by molar-refractivity contribution is -0.122. The van der Waals surface area contributed by atoms with Crippen LogP contribution in [-0.2, 0) is 11.2 Å². The van der Waals surface area contributed by atoms with Gasteiger partial charge in [-0.2, -0.15) is 0 Å². The summed E-state index contributed by atoms with van der Waals surface area (Å²) in [6.07, 6.45) is 3.48. The Hall–Kier alpha value is -2.83. The Bertz CT molecular complexity index is 607. The largest absolute Gasteiger partial charge is 0.399 e. The molecule has 5 N–H and O–H groups in total. The second-order valence-electron chi connectivity index (χ2n) is 4.54. The number of nitrogen functional groups attached to an aromatic ring is 1. The van der Waals surface area contributed by atoms with E-state index in [1.54, 1.807) is 30.5 Å². The molecule has 7 nitrogen and oxygen atoms in total. The number of aromatic nitrogens is 2. The second-order valence-corrected chi connectivity index (χ2v) is 4.54. The first-order chi connectivity index (χ1) is 10.1. The summed E-state index contributed by atoms with van der Waals surface area (Å²) in [6, 6.07) is 5.82. The zero-order chi connectivity index (χ0) is 15.2. The Kier molecular flexibility index (Phi) is 4.55. The van der Waals surface area contributed by atoms with E-state index < -0.39 is 6.04 Å². The number of imidazole rings is 1. The van der Waals surface area contributed by atoms with Crippen molar-refractivity contribution in [3.8, 4) is 0 Å². The van der Waals surface area contributed by atoms with E-state index in [9.17, 15) is 9.59 Å². The molecule has 0 aliphatic rings. The van der Waals surface area contributed by atoms with Gasteiger partial charge in [0.1, 0.15) is 6.04 Å². The van der Waals surface area contributed by atoms with Crippen molar-refractivity contribution >= 4 is 17.5 Å². The summed E-state index contributed by atoms with van der Waals surface area (Å²) in [5.41, 5.74) is 7.37. The quantitative estimate of drug-likeness (QED) is 0.583. The molecule has 0 spiro atoms. The van der Waals surface area contributed by atoms with Crippen LogP contribution in [0.15, 0.2) is 36.8 Å². The van der Waals surface area contributed by atoms with Gasteiger partial charge in [-0.1, -0.05) is 0 Å². The molecule has 0 saturated carbocycles. The van der Waals surface area contributed by atoms with Crippen LogP contribution < -0.4 is 16.4 Å². The van der Waals surface area contributed by atoms with Crippen molar-refractivity contribution < 1.29 is 9.59 Å². The molecule has 0 radical (unpaired) electrons. The van der Waals surface area contributed by atoms with Crippen molar-refractivity contribution in [2.24, 2.45) is 0 Å². The van der Waals surface area contributed by atoms with Gasteiger partial charge in [0.05, 0.1) is 6.33 Å². The fraction of sp³-hybridized carbons (Fsp3) is 0.214. The van der Waals surface area contributed by atoms with Crippen LogP contribution >= 0.6 is 0 Å². The minimum Gasteiger partial charge on any atom is -0.399 e. The third-order valence-corrected chi connectivity index (χ3v) is 3.02. The van der Waals surface area contributed by atoms with Crippen molar-refractivity contribution in [1.29, 1.82) is 0 Å². The van der Waals surface area contributed by atoms with Gasteiger partial charge < -0.3 is 21.4 Å². The number of nitrogens with zero attached hydrogens (tertiary/aromatic N) is 1. The number of nitrogens with one attached hydrogen (secondary N) is 3. The van der Waals surface area contributed by atoms with Gasteiger partial charge in [-0.25, -0.2) is 4.98 Å². The van der Waals surface area contributed by atoms with E-state index in [0.29, 0.717) is 17.7 Å². The van der Waals surface area contributed by atoms with E-state index in [-0.39, 0.29) is 11.8 Å². The SMILES string of the molecule is CNC(=O)C(Cc1cnc[nH]1)NC(=O)c1ccc(N)cc1. The molecule has 2 rings (SSSR count). The van der Waals surface area contributed by atoms with Crippen LogP contribution in [0.4, 0.5) is 5.69 Å². The Morgan fingerprint density at radius 3 is 2.62 bits per heavy atom. The van der Waals surface area contributed by atoms with Crippen LogP contribution in [-0.4, -0.2) is 34.9 Å². The molecule has 2 amide bonds. The predicted molar refractivity (Wildman–Crippen MR) is 78.5 cm³/mol. The number of carbonyl (C=O) groups excluding carboxylic acids is 2. The standard InChI is InChI=1S/C14H17N5O2/c1-16-14(21)12(6-11-7-17-8-18-11)19-13(20)9-2-4-10(15)5-3-9/h2-5,7-8,12H,6,15H2,1H3,(H,16,21)(H,17,18)(H,19,20). The average Bonchev–Trinajstić information content (AvgIpc) is 2.99. The fourth-order valence-corrected chi connectivity index (χ4v) is 1.88. The summed E-state index contributed by atoms with van der Waals surface area (Å²) in [7, 11) is 1.53. The van der Waals surface area contributed by atoms with Gasteiger partial charge in [0.2, 0.25) is 5.91 Å². The molecule has 0 aliphatic carbocycles. The number of amides is 2. The van der Waals surface area contributed by atoms with E-state index >= 15 is 0 Å². The van der Waals surface area contributed by atoms with E-state index in [1.165, 1.54) is 13.4 Å². The Morgan fingerprint density at radius 2 is 2.05 bits per heavy atom. The third-order valence-electron chi connectivity index (χ3n) is 3.02. The number of rotatable bonds is 5. The molecule has 0 fully saturated rings. The molecule has 1 aromatic carbocycles. The average molecular weight is 287 g/mol. The number of carbonyl (C=O) groups is 2. The molecule has 110 valence electrons. The van der Waals surface area contributed by atoms with Crippen LogP contribution in [0.25, 0.3) is 0 Å². The number of benzene rings is 1. The smallest absolute Gasteiger partial charge is 0.251 e. The molecular weight excluding hydrogens is 270 g/mol. The highest BCUT2D eigenvalue weighted by Crippen LogP contribution is 2.06. The van der Waals surface area contributed by atoms with Crippen molar-refractivity contribution in [3.05, 3.63) is 48.0 Å². The first-order valence-electron chi connectivity index (χ1n) is 6.45. The highest BCUT2D eigenvalue weighted by atomic mass is 16.2. The topological polar surface area (TPSA) is 113 Å². The van der Waals surface area contributed by atoms with Gasteiger partial charge in [0, 0.05) is 36.6 Å². The minimum atomic E-state index is -0.680. The molecule has 7 heteroatoms. The summed E-state index contributed by atoms with van der Waals surface area (Å²) >= 11 is 0. The molecule has 0 bridgehead atoms. The van der Waals surface area contributed by atoms with E-state index in [2.05, 4.69) is 20.6 Å². The van der Waals surface area contributed by atoms with Crippen molar-refractivity contribution in [2.75, 3.05) is 12.8 Å². The molecule has 0 saturated heterocycles. The van der Waals surface area contributed by atoms with Gasteiger partial charge in [0.25, 0.3) is 5.91 Å². The lowest BCUT2D eigenvalue weighted by atomic mass is 10.1. The number of aromatic amines is 1. The fourth-order valence-electron chi connectivity index (χ4n) is 1.88. The molecule has 0 aliphatic heterocycles. The van der Waals surface area contributed by atoms with Crippen LogP contribution in [0, 0.1) is 0 Å². The number of H-pyrrole nitrogens is 1. The maximum atomic E-state index is 12.2. The second kappa shape index (κ2) is 6.56. The van der Waals surface area contributed by atoms with Crippen molar-refractivity contribution in [2.45, 2.75) is 12.5 Å². The number of likely N-dealkylation sites (N-methyl/N-ethyl adjacent to an activating group) is 1. The molecule has 21 heavy (non-hydrogen) atoms. The zero-order valence-electron chi connectivity index (χ0n) is 11.6. The summed E-state index contributed by atoms with van der Waals surface area (Å²) in [5, 5.41) is 5.24. The predicted octanol–water partition coefficient (Wildman–Crippen LogP) is 0.0790. The summed E-state index contributed by atoms with van der Waals surface area (Å²) < 4.78 is 0. The molecular formula is C14H17N5O2. The highest BCUT2D eigenvalue weighted by molar-refractivity contribution is 5.97. The Labute approximate surface area is 122 Å². The first-order valence-corrected chi connectivity index (χ1v) is 6.45. The number of hydrogen-bond donors (Lipinski definition) is 4. The Morgan fingerprint density at radius 1 is 1.33 bits per heavy atom. The van der Waals surface area contributed by atoms with Gasteiger partial charge in [-0.05, 0) is 24.3 Å². The Balaban J connectivity index is 2.09. The van der Waals surface area contributed by atoms with Crippen LogP contribution in [0.3, 0.4) is 0 Å². The first kappa shape index (κ1) is 14.6. The number of hydrogen-bond acceptors (Lipinski definition) is 4. The molecule has 1 unspecified atom stereocenters. The summed E-state index contributed by atoms with van der Waals surface area (Å²) in [6.45, 7) is 0. The lowest BCUT2D eigenvalue weighted by Gasteiger charge is -2.16. The maximum Gasteiger partial charge on any atom is 0.251 e. The zero-order valence-corrected chi connectivity index (χ0v) is 11.6.